The minimum atomic E-state index is -0.169. The third kappa shape index (κ3) is 3.35. The molecule has 0 fully saturated rings. The van der Waals surface area contributed by atoms with Gasteiger partial charge < -0.3 is 9.47 Å². The average Bonchev–Trinajstić information content (AvgIpc) is 3.56. The van der Waals surface area contributed by atoms with Gasteiger partial charge in [0.1, 0.15) is 10.7 Å². The largest absolute Gasteiger partial charge is 0.320 e. The van der Waals surface area contributed by atoms with Crippen molar-refractivity contribution >= 4 is 17.2 Å². The molecule has 34 heavy (non-hydrogen) atoms. The number of benzene rings is 1. The van der Waals surface area contributed by atoms with Crippen LogP contribution in [0.2, 0.25) is 0 Å². The second-order valence-corrected chi connectivity index (χ2v) is 10.9. The fraction of sp³-hybridized carbons (Fsp3) is 0.357. The minimum Gasteiger partial charge on any atom is -0.320 e. The lowest BCUT2D eigenvalue weighted by Gasteiger charge is -2.31. The Bertz CT molecular complexity index is 1360. The summed E-state index contributed by atoms with van der Waals surface area (Å²) in [7, 11) is 1.85. The number of fused-ring (bicyclic) bond motifs is 5. The summed E-state index contributed by atoms with van der Waals surface area (Å²) >= 11 is 1.92. The zero-order valence-corrected chi connectivity index (χ0v) is 20.8. The van der Waals surface area contributed by atoms with Gasteiger partial charge in [-0.25, -0.2) is 0 Å². The smallest absolute Gasteiger partial charge is 0.273 e. The number of hydrogen-bond donors (Lipinski definition) is 0. The molecule has 4 aromatic rings. The van der Waals surface area contributed by atoms with Crippen molar-refractivity contribution in [1.29, 1.82) is 0 Å². The number of thiophene rings is 1. The number of amides is 1. The van der Waals surface area contributed by atoms with Crippen molar-refractivity contribution in [3.05, 3.63) is 93.4 Å². The van der Waals surface area contributed by atoms with Crippen LogP contribution in [-0.2, 0) is 26.4 Å². The Morgan fingerprint density at radius 3 is 2.59 bits per heavy atom. The lowest BCUT2D eigenvalue weighted by atomic mass is 9.94. The number of nitrogens with zero attached hydrogens (tertiary/aromatic N) is 4. The fourth-order valence-corrected chi connectivity index (χ4v) is 6.94. The molecule has 0 saturated heterocycles. The summed E-state index contributed by atoms with van der Waals surface area (Å²) in [6, 6.07) is 14.8. The van der Waals surface area contributed by atoms with Crippen molar-refractivity contribution < 1.29 is 4.79 Å². The van der Waals surface area contributed by atoms with Crippen LogP contribution in [0.5, 0.6) is 0 Å². The molecule has 4 heterocycles. The van der Waals surface area contributed by atoms with Crippen LogP contribution in [0, 0.1) is 0 Å². The molecule has 0 unspecified atom stereocenters. The van der Waals surface area contributed by atoms with E-state index in [-0.39, 0.29) is 11.9 Å². The van der Waals surface area contributed by atoms with Gasteiger partial charge in [0.25, 0.3) is 5.91 Å². The summed E-state index contributed by atoms with van der Waals surface area (Å²) in [5, 5.41) is 5.58. The molecular formula is C28H30N4OS. The van der Waals surface area contributed by atoms with Crippen LogP contribution in [0.15, 0.2) is 54.9 Å². The van der Waals surface area contributed by atoms with E-state index in [0.29, 0.717) is 18.2 Å². The molecule has 1 atom stereocenters. The second kappa shape index (κ2) is 8.27. The van der Waals surface area contributed by atoms with E-state index < -0.39 is 0 Å². The van der Waals surface area contributed by atoms with Crippen molar-refractivity contribution in [2.24, 2.45) is 7.05 Å². The van der Waals surface area contributed by atoms with Crippen LogP contribution in [0.4, 0.5) is 0 Å². The van der Waals surface area contributed by atoms with Gasteiger partial charge in [-0.3, -0.25) is 9.48 Å². The molecule has 6 rings (SSSR count). The summed E-state index contributed by atoms with van der Waals surface area (Å²) in [6.45, 7) is 5.04. The Morgan fingerprint density at radius 1 is 1.06 bits per heavy atom. The lowest BCUT2D eigenvalue weighted by Crippen LogP contribution is -2.36. The quantitative estimate of drug-likeness (QED) is 0.367. The second-order valence-electron chi connectivity index (χ2n) is 9.79. The minimum absolute atomic E-state index is 0.0225. The number of carbonyl (C=O) groups is 1. The summed E-state index contributed by atoms with van der Waals surface area (Å²) in [5.41, 5.74) is 7.02. The predicted octanol–water partition coefficient (Wildman–Crippen LogP) is 6.02. The van der Waals surface area contributed by atoms with E-state index in [1.165, 1.54) is 39.4 Å². The highest BCUT2D eigenvalue weighted by atomic mass is 32.1. The van der Waals surface area contributed by atoms with Crippen molar-refractivity contribution in [2.45, 2.75) is 58.0 Å². The van der Waals surface area contributed by atoms with Crippen LogP contribution < -0.4 is 0 Å². The molecular weight excluding hydrogens is 440 g/mol. The Morgan fingerprint density at radius 2 is 1.85 bits per heavy atom. The van der Waals surface area contributed by atoms with Gasteiger partial charge in [-0.1, -0.05) is 38.1 Å². The van der Waals surface area contributed by atoms with Crippen molar-refractivity contribution in [3.63, 3.8) is 0 Å². The first-order chi connectivity index (χ1) is 16.5. The van der Waals surface area contributed by atoms with Gasteiger partial charge >= 0.3 is 0 Å². The van der Waals surface area contributed by atoms with E-state index in [2.05, 4.69) is 71.0 Å². The highest BCUT2D eigenvalue weighted by Crippen LogP contribution is 2.44. The monoisotopic (exact) mass is 470 g/mol. The molecule has 2 aliphatic rings. The van der Waals surface area contributed by atoms with Crippen LogP contribution in [0.3, 0.4) is 0 Å². The highest BCUT2D eigenvalue weighted by molar-refractivity contribution is 7.15. The van der Waals surface area contributed by atoms with E-state index in [9.17, 15) is 4.79 Å². The number of aryl methyl sites for hydroxylation is 2. The molecule has 1 amide bonds. The van der Waals surface area contributed by atoms with Crippen LogP contribution >= 0.6 is 11.3 Å². The standard InChI is InChI=1S/C28H30N4OS/c1-18(2)19-10-12-20(13-11-19)26-23-8-6-16-31(23)28-22(21-7-4-5-9-25(21)34-28)17-32(26)27(33)24-14-15-29-30(24)3/h6,8,10-16,18,26H,4-5,7,9,17H2,1-3H3/t26-/m1/s1. The first-order valence-corrected chi connectivity index (χ1v) is 13.0. The maximum atomic E-state index is 14.1. The van der Waals surface area contributed by atoms with Crippen LogP contribution in [-0.4, -0.2) is 25.2 Å². The molecule has 0 saturated carbocycles. The topological polar surface area (TPSA) is 43.1 Å². The average molecular weight is 471 g/mol. The molecule has 1 aliphatic heterocycles. The molecule has 0 N–H and O–H groups in total. The van der Waals surface area contributed by atoms with Crippen LogP contribution in [0.1, 0.15) is 82.0 Å². The van der Waals surface area contributed by atoms with E-state index >= 15 is 0 Å². The summed E-state index contributed by atoms with van der Waals surface area (Å²) in [6.07, 6.45) is 8.62. The molecule has 3 aromatic heterocycles. The molecule has 6 heteroatoms. The maximum Gasteiger partial charge on any atom is 0.273 e. The van der Waals surface area contributed by atoms with Crippen molar-refractivity contribution in [1.82, 2.24) is 19.2 Å². The first-order valence-electron chi connectivity index (χ1n) is 12.2. The Labute approximate surface area is 204 Å². The zero-order chi connectivity index (χ0) is 23.4. The normalized spacial score (nSPS) is 17.3. The van der Waals surface area contributed by atoms with Crippen molar-refractivity contribution in [3.8, 4) is 5.00 Å². The van der Waals surface area contributed by atoms with Gasteiger partial charge in [-0.05, 0) is 66.5 Å². The van der Waals surface area contributed by atoms with Gasteiger partial charge in [0.2, 0.25) is 0 Å². The van der Waals surface area contributed by atoms with E-state index in [0.717, 1.165) is 24.1 Å². The first kappa shape index (κ1) is 21.4. The third-order valence-electron chi connectivity index (χ3n) is 7.40. The molecule has 1 aliphatic carbocycles. The number of carbonyl (C=O) groups excluding carboxylic acids is 1. The molecule has 0 spiro atoms. The molecule has 1 aromatic carbocycles. The number of aromatic nitrogens is 3. The Balaban J connectivity index is 1.55. The SMILES string of the molecule is CC(C)c1ccc([C@@H]2c3cccn3-c3sc4c(c3CN2C(=O)c2ccnn2C)CCCC4)cc1. The molecule has 174 valence electrons. The Kier molecular flexibility index (Phi) is 5.21. The molecule has 0 radical (unpaired) electrons. The third-order valence-corrected chi connectivity index (χ3v) is 8.73. The summed E-state index contributed by atoms with van der Waals surface area (Å²) in [4.78, 5) is 17.7. The summed E-state index contributed by atoms with van der Waals surface area (Å²) < 4.78 is 4.03. The predicted molar refractivity (Wildman–Crippen MR) is 136 cm³/mol. The van der Waals surface area contributed by atoms with Gasteiger partial charge in [-0.2, -0.15) is 5.10 Å². The molecule has 5 nitrogen and oxygen atoms in total. The lowest BCUT2D eigenvalue weighted by molar-refractivity contribution is 0.0679. The molecule has 0 bridgehead atoms. The zero-order valence-electron chi connectivity index (χ0n) is 20.0. The van der Waals surface area contributed by atoms with Gasteiger partial charge in [0.15, 0.2) is 0 Å². The van der Waals surface area contributed by atoms with E-state index in [4.69, 9.17) is 0 Å². The highest BCUT2D eigenvalue weighted by Gasteiger charge is 2.37. The van der Waals surface area contributed by atoms with Gasteiger partial charge in [-0.15, -0.1) is 11.3 Å². The van der Waals surface area contributed by atoms with E-state index in [1.54, 1.807) is 10.9 Å². The fourth-order valence-electron chi connectivity index (χ4n) is 5.53. The maximum absolute atomic E-state index is 14.1. The van der Waals surface area contributed by atoms with Crippen LogP contribution in [0.25, 0.3) is 5.00 Å². The number of rotatable bonds is 3. The number of hydrogen-bond acceptors (Lipinski definition) is 3. The van der Waals surface area contributed by atoms with Gasteiger partial charge in [0, 0.05) is 29.9 Å². The van der Waals surface area contributed by atoms with Gasteiger partial charge in [0.05, 0.1) is 18.3 Å². The Hall–Kier alpha value is -3.12. The van der Waals surface area contributed by atoms with E-state index in [1.807, 2.05) is 24.5 Å². The van der Waals surface area contributed by atoms with Crippen molar-refractivity contribution in [2.75, 3.05) is 0 Å². The summed E-state index contributed by atoms with van der Waals surface area (Å²) in [5.74, 6) is 0.493.